The fraction of sp³-hybridized carbons (Fsp3) is 0.300. The molecule has 1 heterocycles. The van der Waals surface area contributed by atoms with Crippen molar-refractivity contribution >= 4 is 28.8 Å². The number of carbonyl (C=O) groups excluding carboxylic acids is 2. The minimum absolute atomic E-state index is 0.00143. The Kier molecular flexibility index (Phi) is 5.86. The van der Waals surface area contributed by atoms with E-state index in [1.165, 1.54) is 6.92 Å². The zero-order valence-corrected chi connectivity index (χ0v) is 14.8. The van der Waals surface area contributed by atoms with Gasteiger partial charge in [0.2, 0.25) is 5.91 Å². The largest absolute Gasteiger partial charge is 0.378 e. The number of anilines is 3. The highest BCUT2D eigenvalue weighted by Crippen LogP contribution is 2.19. The summed E-state index contributed by atoms with van der Waals surface area (Å²) in [4.78, 5) is 25.8. The number of nitrogens with one attached hydrogen (secondary N) is 2. The van der Waals surface area contributed by atoms with Crippen molar-refractivity contribution in [3.63, 3.8) is 0 Å². The lowest BCUT2D eigenvalue weighted by Crippen LogP contribution is -2.36. The summed E-state index contributed by atoms with van der Waals surface area (Å²) >= 11 is 0. The van der Waals surface area contributed by atoms with Crippen molar-refractivity contribution in [2.45, 2.75) is 6.92 Å². The quantitative estimate of drug-likeness (QED) is 0.782. The van der Waals surface area contributed by atoms with Gasteiger partial charge >= 0.3 is 0 Å². The molecule has 2 aromatic rings. The maximum absolute atomic E-state index is 12.1. The summed E-state index contributed by atoms with van der Waals surface area (Å²) < 4.78 is 5.36. The predicted molar refractivity (Wildman–Crippen MR) is 103 cm³/mol. The highest BCUT2D eigenvalue weighted by atomic mass is 16.5. The van der Waals surface area contributed by atoms with Crippen molar-refractivity contribution in [2.24, 2.45) is 0 Å². The van der Waals surface area contributed by atoms with Gasteiger partial charge in [-0.15, -0.1) is 0 Å². The number of Topliss-reactive ketones (excluding diaryl/α,β-unsaturated/α-hetero) is 1. The maximum Gasteiger partial charge on any atom is 0.243 e. The molecule has 1 amide bonds. The van der Waals surface area contributed by atoms with Gasteiger partial charge in [-0.3, -0.25) is 9.59 Å². The van der Waals surface area contributed by atoms with Crippen molar-refractivity contribution < 1.29 is 14.3 Å². The van der Waals surface area contributed by atoms with Crippen molar-refractivity contribution in [3.05, 3.63) is 54.1 Å². The van der Waals surface area contributed by atoms with Crippen LogP contribution in [0.4, 0.5) is 17.1 Å². The summed E-state index contributed by atoms with van der Waals surface area (Å²) in [7, 11) is 0. The first-order chi connectivity index (χ1) is 12.6. The smallest absolute Gasteiger partial charge is 0.243 e. The van der Waals surface area contributed by atoms with Gasteiger partial charge < -0.3 is 20.3 Å². The molecule has 2 aromatic carbocycles. The van der Waals surface area contributed by atoms with Gasteiger partial charge in [0.15, 0.2) is 5.78 Å². The van der Waals surface area contributed by atoms with E-state index in [2.05, 4.69) is 15.5 Å². The van der Waals surface area contributed by atoms with Crippen LogP contribution < -0.4 is 15.5 Å². The zero-order chi connectivity index (χ0) is 18.4. The molecule has 0 bridgehead atoms. The van der Waals surface area contributed by atoms with Gasteiger partial charge in [-0.1, -0.05) is 12.1 Å². The highest BCUT2D eigenvalue weighted by Gasteiger charge is 2.11. The topological polar surface area (TPSA) is 70.7 Å². The normalized spacial score (nSPS) is 14.0. The molecule has 0 atom stereocenters. The molecule has 0 aliphatic carbocycles. The van der Waals surface area contributed by atoms with E-state index in [0.29, 0.717) is 5.56 Å². The minimum atomic E-state index is -0.141. The van der Waals surface area contributed by atoms with Crippen molar-refractivity contribution in [1.82, 2.24) is 0 Å². The van der Waals surface area contributed by atoms with Crippen LogP contribution in [-0.4, -0.2) is 44.5 Å². The van der Waals surface area contributed by atoms with Crippen molar-refractivity contribution in [3.8, 4) is 0 Å². The monoisotopic (exact) mass is 353 g/mol. The second-order valence-electron chi connectivity index (χ2n) is 6.19. The molecule has 0 unspecified atom stereocenters. The lowest BCUT2D eigenvalue weighted by atomic mass is 10.1. The SMILES string of the molecule is CC(=O)c1cccc(NCC(=O)Nc2ccc(N3CCOCC3)cc2)c1. The molecule has 1 saturated heterocycles. The summed E-state index contributed by atoms with van der Waals surface area (Å²) in [6.07, 6.45) is 0. The Bertz CT molecular complexity index is 768. The van der Waals surface area contributed by atoms with E-state index in [0.717, 1.165) is 43.4 Å². The van der Waals surface area contributed by atoms with Crippen LogP contribution in [0.3, 0.4) is 0 Å². The Morgan fingerprint density at radius 1 is 1.04 bits per heavy atom. The summed E-state index contributed by atoms with van der Waals surface area (Å²) in [6.45, 7) is 4.91. The third-order valence-corrected chi connectivity index (χ3v) is 4.25. The Hall–Kier alpha value is -2.86. The molecule has 0 saturated carbocycles. The molecule has 0 aromatic heterocycles. The number of rotatable bonds is 6. The number of hydrogen-bond donors (Lipinski definition) is 2. The second kappa shape index (κ2) is 8.49. The first-order valence-electron chi connectivity index (χ1n) is 8.69. The summed E-state index contributed by atoms with van der Waals surface area (Å²) in [6, 6.07) is 14.9. The number of amides is 1. The number of ether oxygens (including phenoxy) is 1. The molecule has 26 heavy (non-hydrogen) atoms. The third kappa shape index (κ3) is 4.83. The molecule has 136 valence electrons. The molecule has 1 aliphatic heterocycles. The van der Waals surface area contributed by atoms with Gasteiger partial charge in [0, 0.05) is 35.7 Å². The van der Waals surface area contributed by atoms with Crippen molar-refractivity contribution in [1.29, 1.82) is 0 Å². The van der Waals surface area contributed by atoms with Crippen LogP contribution in [0.1, 0.15) is 17.3 Å². The summed E-state index contributed by atoms with van der Waals surface area (Å²) in [5.74, 6) is -0.143. The fourth-order valence-corrected chi connectivity index (χ4v) is 2.81. The van der Waals surface area contributed by atoms with E-state index in [-0.39, 0.29) is 18.2 Å². The molecule has 0 radical (unpaired) electrons. The minimum Gasteiger partial charge on any atom is -0.378 e. The lowest BCUT2D eigenvalue weighted by Gasteiger charge is -2.28. The molecule has 6 heteroatoms. The second-order valence-corrected chi connectivity index (χ2v) is 6.19. The highest BCUT2D eigenvalue weighted by molar-refractivity contribution is 5.96. The number of benzene rings is 2. The van der Waals surface area contributed by atoms with E-state index >= 15 is 0 Å². The number of nitrogens with zero attached hydrogens (tertiary/aromatic N) is 1. The van der Waals surface area contributed by atoms with Crippen LogP contribution in [0.25, 0.3) is 0 Å². The predicted octanol–water partition coefficient (Wildman–Crippen LogP) is 2.78. The first-order valence-corrected chi connectivity index (χ1v) is 8.69. The van der Waals surface area contributed by atoms with Crippen LogP contribution in [0.2, 0.25) is 0 Å². The van der Waals surface area contributed by atoms with Gasteiger partial charge in [-0.05, 0) is 43.3 Å². The number of morpholine rings is 1. The van der Waals surface area contributed by atoms with E-state index in [1.807, 2.05) is 30.3 Å². The van der Waals surface area contributed by atoms with Gasteiger partial charge in [-0.25, -0.2) is 0 Å². The molecular weight excluding hydrogens is 330 g/mol. The first kappa shape index (κ1) is 17.9. The maximum atomic E-state index is 12.1. The van der Waals surface area contributed by atoms with Crippen LogP contribution in [-0.2, 0) is 9.53 Å². The molecule has 3 rings (SSSR count). The number of carbonyl (C=O) groups is 2. The lowest BCUT2D eigenvalue weighted by molar-refractivity contribution is -0.114. The Labute approximate surface area is 153 Å². The molecule has 0 spiro atoms. The van der Waals surface area contributed by atoms with Gasteiger partial charge in [-0.2, -0.15) is 0 Å². The van der Waals surface area contributed by atoms with Crippen LogP contribution in [0.5, 0.6) is 0 Å². The van der Waals surface area contributed by atoms with E-state index in [1.54, 1.807) is 18.2 Å². The number of hydrogen-bond acceptors (Lipinski definition) is 5. The molecule has 1 aliphatic rings. The van der Waals surface area contributed by atoms with Gasteiger partial charge in [0.05, 0.1) is 19.8 Å². The molecule has 6 nitrogen and oxygen atoms in total. The summed E-state index contributed by atoms with van der Waals surface area (Å²) in [5, 5.41) is 5.90. The molecule has 1 fully saturated rings. The number of ketones is 1. The van der Waals surface area contributed by atoms with E-state index in [9.17, 15) is 9.59 Å². The van der Waals surface area contributed by atoms with Crippen LogP contribution in [0.15, 0.2) is 48.5 Å². The van der Waals surface area contributed by atoms with Crippen LogP contribution in [0, 0.1) is 0 Å². The Morgan fingerprint density at radius 3 is 2.46 bits per heavy atom. The van der Waals surface area contributed by atoms with Gasteiger partial charge in [0.1, 0.15) is 0 Å². The Morgan fingerprint density at radius 2 is 1.77 bits per heavy atom. The third-order valence-electron chi connectivity index (χ3n) is 4.25. The van der Waals surface area contributed by atoms with Crippen molar-refractivity contribution in [2.75, 3.05) is 48.4 Å². The van der Waals surface area contributed by atoms with Crippen LogP contribution >= 0.6 is 0 Å². The average Bonchev–Trinajstić information content (AvgIpc) is 2.68. The standard InChI is InChI=1S/C20H23N3O3/c1-15(24)16-3-2-4-18(13-16)21-14-20(25)22-17-5-7-19(8-6-17)23-9-11-26-12-10-23/h2-8,13,21H,9-12,14H2,1H3,(H,22,25). The molecule has 2 N–H and O–H groups in total. The molecular formula is C20H23N3O3. The van der Waals surface area contributed by atoms with E-state index in [4.69, 9.17) is 4.74 Å². The zero-order valence-electron chi connectivity index (χ0n) is 14.8. The van der Waals surface area contributed by atoms with E-state index < -0.39 is 0 Å². The average molecular weight is 353 g/mol. The Balaban J connectivity index is 1.51. The fourth-order valence-electron chi connectivity index (χ4n) is 2.81. The van der Waals surface area contributed by atoms with Gasteiger partial charge in [0.25, 0.3) is 0 Å². The summed E-state index contributed by atoms with van der Waals surface area (Å²) in [5.41, 5.74) is 3.25.